The SMILES string of the molecule is CC12CCCC1C1CC[C@@]3(C)CC(O)CCC3(C)C1CC2. The van der Waals surface area contributed by atoms with Crippen LogP contribution in [0.3, 0.4) is 0 Å². The molecule has 0 aliphatic heterocycles. The molecule has 1 heteroatoms. The number of aliphatic hydroxyl groups is 1. The summed E-state index contributed by atoms with van der Waals surface area (Å²) in [5.74, 6) is 2.96. The maximum atomic E-state index is 10.2. The predicted octanol–water partition coefficient (Wildman–Crippen LogP) is 5.17. The van der Waals surface area contributed by atoms with Crippen molar-refractivity contribution in [2.75, 3.05) is 0 Å². The lowest BCUT2D eigenvalue weighted by atomic mass is 9.40. The Morgan fingerprint density at radius 2 is 1.62 bits per heavy atom. The summed E-state index contributed by atoms with van der Waals surface area (Å²) in [6.07, 6.45) is 13.6. The van der Waals surface area contributed by atoms with Crippen LogP contribution >= 0.6 is 0 Å². The molecule has 21 heavy (non-hydrogen) atoms. The highest BCUT2D eigenvalue weighted by molar-refractivity contribution is 5.11. The van der Waals surface area contributed by atoms with Gasteiger partial charge in [0.05, 0.1) is 6.10 Å². The van der Waals surface area contributed by atoms with Crippen LogP contribution in [0.4, 0.5) is 0 Å². The van der Waals surface area contributed by atoms with Crippen LogP contribution in [0.25, 0.3) is 0 Å². The average molecular weight is 290 g/mol. The van der Waals surface area contributed by atoms with Crippen molar-refractivity contribution in [3.63, 3.8) is 0 Å². The van der Waals surface area contributed by atoms with Gasteiger partial charge in [-0.15, -0.1) is 0 Å². The van der Waals surface area contributed by atoms with E-state index in [0.29, 0.717) is 16.2 Å². The van der Waals surface area contributed by atoms with Gasteiger partial charge < -0.3 is 5.11 Å². The summed E-state index contributed by atoms with van der Waals surface area (Å²) in [5, 5.41) is 10.2. The number of hydrogen-bond acceptors (Lipinski definition) is 1. The largest absolute Gasteiger partial charge is 0.393 e. The fourth-order valence-electron chi connectivity index (χ4n) is 7.60. The molecule has 0 heterocycles. The quantitative estimate of drug-likeness (QED) is 0.652. The molecule has 0 spiro atoms. The van der Waals surface area contributed by atoms with E-state index in [1.165, 1.54) is 51.4 Å². The molecule has 7 atom stereocenters. The molecule has 0 amide bonds. The summed E-state index contributed by atoms with van der Waals surface area (Å²) in [7, 11) is 0. The number of fused-ring (bicyclic) bond motifs is 5. The zero-order valence-corrected chi connectivity index (χ0v) is 14.3. The van der Waals surface area contributed by atoms with Crippen molar-refractivity contribution in [1.82, 2.24) is 0 Å². The van der Waals surface area contributed by atoms with E-state index in [1.54, 1.807) is 0 Å². The van der Waals surface area contributed by atoms with Gasteiger partial charge in [-0.1, -0.05) is 27.2 Å². The standard InChI is InChI=1S/C20H34O/c1-18-9-4-5-16(18)15-7-11-19(2)13-14(21)6-12-20(19,3)17(15)8-10-18/h14-17,21H,4-13H2,1-3H3/t14?,15?,16?,17?,18?,19-,20?/m0/s1. The third-order valence-corrected chi connectivity index (χ3v) is 9.13. The lowest BCUT2D eigenvalue weighted by Gasteiger charge is -2.64. The average Bonchev–Trinajstić information content (AvgIpc) is 2.82. The first-order valence-corrected chi connectivity index (χ1v) is 9.56. The van der Waals surface area contributed by atoms with Crippen LogP contribution in [-0.4, -0.2) is 11.2 Å². The third kappa shape index (κ3) is 1.85. The minimum atomic E-state index is -0.0278. The highest BCUT2D eigenvalue weighted by atomic mass is 16.3. The smallest absolute Gasteiger partial charge is 0.0545 e. The van der Waals surface area contributed by atoms with Gasteiger partial charge in [-0.2, -0.15) is 0 Å². The van der Waals surface area contributed by atoms with Gasteiger partial charge in [0.2, 0.25) is 0 Å². The molecule has 0 aromatic rings. The molecule has 4 fully saturated rings. The Labute approximate surface area is 130 Å². The minimum absolute atomic E-state index is 0.0278. The van der Waals surface area contributed by atoms with E-state index in [2.05, 4.69) is 20.8 Å². The summed E-state index contributed by atoms with van der Waals surface area (Å²) in [6, 6.07) is 0. The molecular weight excluding hydrogens is 256 g/mol. The molecule has 120 valence electrons. The van der Waals surface area contributed by atoms with Gasteiger partial charge in [0.25, 0.3) is 0 Å². The first kappa shape index (κ1) is 14.5. The monoisotopic (exact) mass is 290 g/mol. The van der Waals surface area contributed by atoms with Crippen LogP contribution in [0.15, 0.2) is 0 Å². The minimum Gasteiger partial charge on any atom is -0.393 e. The van der Waals surface area contributed by atoms with Crippen LogP contribution in [-0.2, 0) is 0 Å². The van der Waals surface area contributed by atoms with Crippen LogP contribution < -0.4 is 0 Å². The van der Waals surface area contributed by atoms with E-state index in [0.717, 1.165) is 30.6 Å². The van der Waals surface area contributed by atoms with Crippen molar-refractivity contribution in [1.29, 1.82) is 0 Å². The van der Waals surface area contributed by atoms with Crippen LogP contribution in [0.5, 0.6) is 0 Å². The topological polar surface area (TPSA) is 20.2 Å². The Morgan fingerprint density at radius 1 is 0.810 bits per heavy atom. The zero-order chi connectivity index (χ0) is 14.9. The fraction of sp³-hybridized carbons (Fsp3) is 1.00. The lowest BCUT2D eigenvalue weighted by Crippen LogP contribution is -2.57. The van der Waals surface area contributed by atoms with Crippen molar-refractivity contribution in [2.45, 2.75) is 91.1 Å². The Balaban J connectivity index is 1.67. The zero-order valence-electron chi connectivity index (χ0n) is 14.3. The van der Waals surface area contributed by atoms with E-state index in [9.17, 15) is 5.11 Å². The third-order valence-electron chi connectivity index (χ3n) is 9.13. The molecule has 0 aromatic carbocycles. The highest BCUT2D eigenvalue weighted by Crippen LogP contribution is 2.69. The molecular formula is C20H34O. The summed E-state index contributed by atoms with van der Waals surface area (Å²) in [6.45, 7) is 7.71. The molecule has 0 aromatic heterocycles. The Kier molecular flexibility index (Phi) is 3.11. The van der Waals surface area contributed by atoms with Gasteiger partial charge in [-0.3, -0.25) is 0 Å². The number of hydrogen-bond donors (Lipinski definition) is 1. The number of rotatable bonds is 0. The normalized spacial score (nSPS) is 60.0. The Hall–Kier alpha value is -0.0400. The van der Waals surface area contributed by atoms with Crippen LogP contribution in [0, 0.1) is 34.0 Å². The van der Waals surface area contributed by atoms with Crippen LogP contribution in [0.1, 0.15) is 85.0 Å². The lowest BCUT2D eigenvalue weighted by molar-refractivity contribution is -0.166. The molecule has 4 saturated carbocycles. The first-order valence-electron chi connectivity index (χ1n) is 9.56. The summed E-state index contributed by atoms with van der Waals surface area (Å²) in [4.78, 5) is 0. The second-order valence-corrected chi connectivity index (χ2v) is 9.88. The van der Waals surface area contributed by atoms with Crippen molar-refractivity contribution < 1.29 is 5.11 Å². The van der Waals surface area contributed by atoms with Gasteiger partial charge in [-0.05, 0) is 91.8 Å². The van der Waals surface area contributed by atoms with Crippen molar-refractivity contribution >= 4 is 0 Å². The van der Waals surface area contributed by atoms with Gasteiger partial charge in [0.1, 0.15) is 0 Å². The Bertz CT molecular complexity index is 432. The van der Waals surface area contributed by atoms with E-state index >= 15 is 0 Å². The van der Waals surface area contributed by atoms with E-state index in [-0.39, 0.29) is 6.10 Å². The van der Waals surface area contributed by atoms with Crippen molar-refractivity contribution in [2.24, 2.45) is 34.0 Å². The molecule has 4 rings (SSSR count). The summed E-state index contributed by atoms with van der Waals surface area (Å²) < 4.78 is 0. The molecule has 4 aliphatic carbocycles. The molecule has 1 nitrogen and oxygen atoms in total. The second kappa shape index (κ2) is 4.49. The summed E-state index contributed by atoms with van der Waals surface area (Å²) >= 11 is 0. The second-order valence-electron chi connectivity index (χ2n) is 9.88. The van der Waals surface area contributed by atoms with Gasteiger partial charge in [-0.25, -0.2) is 0 Å². The van der Waals surface area contributed by atoms with Gasteiger partial charge >= 0.3 is 0 Å². The van der Waals surface area contributed by atoms with E-state index in [1.807, 2.05) is 0 Å². The van der Waals surface area contributed by atoms with Gasteiger partial charge in [0, 0.05) is 0 Å². The molecule has 0 radical (unpaired) electrons. The Morgan fingerprint density at radius 3 is 2.43 bits per heavy atom. The molecule has 6 unspecified atom stereocenters. The maximum Gasteiger partial charge on any atom is 0.0545 e. The van der Waals surface area contributed by atoms with E-state index < -0.39 is 0 Å². The highest BCUT2D eigenvalue weighted by Gasteiger charge is 2.61. The number of aliphatic hydroxyl groups excluding tert-OH is 1. The van der Waals surface area contributed by atoms with Gasteiger partial charge in [0.15, 0.2) is 0 Å². The van der Waals surface area contributed by atoms with E-state index in [4.69, 9.17) is 0 Å². The molecule has 4 aliphatic rings. The first-order chi connectivity index (χ1) is 9.88. The maximum absolute atomic E-state index is 10.2. The van der Waals surface area contributed by atoms with Crippen molar-refractivity contribution in [3.8, 4) is 0 Å². The van der Waals surface area contributed by atoms with Crippen molar-refractivity contribution in [3.05, 3.63) is 0 Å². The summed E-state index contributed by atoms with van der Waals surface area (Å²) in [5.41, 5.74) is 1.58. The molecule has 0 saturated heterocycles. The predicted molar refractivity (Wildman–Crippen MR) is 87.0 cm³/mol. The molecule has 1 N–H and O–H groups in total. The fourth-order valence-corrected chi connectivity index (χ4v) is 7.60. The van der Waals surface area contributed by atoms with Crippen LogP contribution in [0.2, 0.25) is 0 Å². The molecule has 0 bridgehead atoms.